The summed E-state index contributed by atoms with van der Waals surface area (Å²) < 4.78 is 21.0. The fourth-order valence-corrected chi connectivity index (χ4v) is 3.02. The van der Waals surface area contributed by atoms with E-state index in [9.17, 15) is 9.59 Å². The van der Waals surface area contributed by atoms with E-state index >= 15 is 0 Å². The van der Waals surface area contributed by atoms with E-state index in [4.69, 9.17) is 18.9 Å². The number of allylic oxidation sites excluding steroid dienone is 1. The first kappa shape index (κ1) is 18.6. The molecular formula is C18H23NO6. The fourth-order valence-electron chi connectivity index (χ4n) is 3.02. The number of esters is 1. The molecular weight excluding hydrogens is 326 g/mol. The van der Waals surface area contributed by atoms with E-state index in [0.717, 1.165) is 5.56 Å². The van der Waals surface area contributed by atoms with E-state index in [1.54, 1.807) is 26.1 Å². The second-order valence-electron chi connectivity index (χ2n) is 5.66. The van der Waals surface area contributed by atoms with Crippen molar-refractivity contribution in [1.82, 2.24) is 4.90 Å². The van der Waals surface area contributed by atoms with Crippen LogP contribution in [-0.2, 0) is 14.3 Å². The topological polar surface area (TPSA) is 74.3 Å². The van der Waals surface area contributed by atoms with Crippen LogP contribution in [0.5, 0.6) is 17.2 Å². The van der Waals surface area contributed by atoms with Gasteiger partial charge in [-0.2, -0.15) is 0 Å². The highest BCUT2D eigenvalue weighted by Gasteiger charge is 2.36. The van der Waals surface area contributed by atoms with E-state index < -0.39 is 11.9 Å². The summed E-state index contributed by atoms with van der Waals surface area (Å²) in [5.74, 6) is 0.382. The van der Waals surface area contributed by atoms with Gasteiger partial charge in [0.05, 0.1) is 34.0 Å². The maximum atomic E-state index is 12.3. The van der Waals surface area contributed by atoms with Crippen LogP contribution in [0.25, 0.3) is 0 Å². The van der Waals surface area contributed by atoms with Crippen LogP contribution in [0.2, 0.25) is 0 Å². The molecule has 1 aromatic carbocycles. The molecule has 1 amide bonds. The minimum Gasteiger partial charge on any atom is -0.493 e. The summed E-state index contributed by atoms with van der Waals surface area (Å²) in [5, 5.41) is 0. The molecule has 0 bridgehead atoms. The molecule has 1 heterocycles. The first-order chi connectivity index (χ1) is 11.9. The predicted molar refractivity (Wildman–Crippen MR) is 90.9 cm³/mol. The largest absolute Gasteiger partial charge is 0.493 e. The average Bonchev–Trinajstić information content (AvgIpc) is 2.63. The third-order valence-electron chi connectivity index (χ3n) is 4.49. The van der Waals surface area contributed by atoms with Crippen molar-refractivity contribution >= 4 is 11.9 Å². The standard InChI is InChI=1S/C18H23NO6/c1-10-16(18(21)25-6)12(9-15(20)19(10)2)11-7-13(22-3)17(24-5)14(8-11)23-4/h7-8,12H,9H2,1-6H3. The van der Waals surface area contributed by atoms with Gasteiger partial charge in [-0.05, 0) is 24.6 Å². The van der Waals surface area contributed by atoms with Crippen molar-refractivity contribution in [3.63, 3.8) is 0 Å². The van der Waals surface area contributed by atoms with E-state index in [0.29, 0.717) is 28.5 Å². The number of hydrogen-bond acceptors (Lipinski definition) is 6. The van der Waals surface area contributed by atoms with Gasteiger partial charge < -0.3 is 23.8 Å². The zero-order valence-corrected chi connectivity index (χ0v) is 15.3. The second-order valence-corrected chi connectivity index (χ2v) is 5.66. The SMILES string of the molecule is COC(=O)C1=C(C)N(C)C(=O)CC1c1cc(OC)c(OC)c(OC)c1. The zero-order chi connectivity index (χ0) is 18.7. The molecule has 0 radical (unpaired) electrons. The molecule has 7 nitrogen and oxygen atoms in total. The van der Waals surface area contributed by atoms with Gasteiger partial charge in [-0.1, -0.05) is 0 Å². The van der Waals surface area contributed by atoms with Crippen molar-refractivity contribution in [2.24, 2.45) is 0 Å². The number of nitrogens with zero attached hydrogens (tertiary/aromatic N) is 1. The first-order valence-corrected chi connectivity index (χ1v) is 7.75. The number of carbonyl (C=O) groups excluding carboxylic acids is 2. The molecule has 0 spiro atoms. The number of methoxy groups -OCH3 is 4. The van der Waals surface area contributed by atoms with Gasteiger partial charge >= 0.3 is 5.97 Å². The van der Waals surface area contributed by atoms with Crippen molar-refractivity contribution in [2.75, 3.05) is 35.5 Å². The Morgan fingerprint density at radius 2 is 1.64 bits per heavy atom. The van der Waals surface area contributed by atoms with Crippen LogP contribution >= 0.6 is 0 Å². The lowest BCUT2D eigenvalue weighted by atomic mass is 9.83. The van der Waals surface area contributed by atoms with Gasteiger partial charge in [0.1, 0.15) is 0 Å². The fraction of sp³-hybridized carbons (Fsp3) is 0.444. The summed E-state index contributed by atoms with van der Waals surface area (Å²) in [7, 11) is 7.52. The Balaban J connectivity index is 2.66. The first-order valence-electron chi connectivity index (χ1n) is 7.75. The van der Waals surface area contributed by atoms with Gasteiger partial charge in [0, 0.05) is 25.1 Å². The van der Waals surface area contributed by atoms with Crippen molar-refractivity contribution in [3.8, 4) is 17.2 Å². The van der Waals surface area contributed by atoms with E-state index in [1.807, 2.05) is 0 Å². The summed E-state index contributed by atoms with van der Waals surface area (Å²) in [6, 6.07) is 3.50. The van der Waals surface area contributed by atoms with Gasteiger partial charge in [0.15, 0.2) is 11.5 Å². The molecule has 7 heteroatoms. The van der Waals surface area contributed by atoms with Crippen molar-refractivity contribution < 1.29 is 28.5 Å². The molecule has 0 N–H and O–H groups in total. The molecule has 136 valence electrons. The molecule has 1 aliphatic rings. The lowest BCUT2D eigenvalue weighted by molar-refractivity contribution is -0.137. The molecule has 25 heavy (non-hydrogen) atoms. The summed E-state index contributed by atoms with van der Waals surface area (Å²) in [4.78, 5) is 26.1. The van der Waals surface area contributed by atoms with Crippen molar-refractivity contribution in [2.45, 2.75) is 19.3 Å². The number of amides is 1. The molecule has 0 fully saturated rings. The number of hydrogen-bond donors (Lipinski definition) is 0. The maximum absolute atomic E-state index is 12.3. The molecule has 0 saturated carbocycles. The van der Waals surface area contributed by atoms with E-state index in [2.05, 4.69) is 0 Å². The maximum Gasteiger partial charge on any atom is 0.336 e. The van der Waals surface area contributed by atoms with Crippen LogP contribution in [0.4, 0.5) is 0 Å². The summed E-state index contributed by atoms with van der Waals surface area (Å²) in [6.45, 7) is 1.73. The minimum atomic E-state index is -0.462. The van der Waals surface area contributed by atoms with E-state index in [1.165, 1.54) is 33.3 Å². The van der Waals surface area contributed by atoms with Gasteiger partial charge in [0.2, 0.25) is 11.7 Å². The van der Waals surface area contributed by atoms with Crippen LogP contribution in [-0.4, -0.2) is 52.3 Å². The molecule has 0 aromatic heterocycles. The lowest BCUT2D eigenvalue weighted by Gasteiger charge is -2.32. The lowest BCUT2D eigenvalue weighted by Crippen LogP contribution is -2.35. The molecule has 2 rings (SSSR count). The number of ether oxygens (including phenoxy) is 4. The van der Waals surface area contributed by atoms with Crippen LogP contribution < -0.4 is 14.2 Å². The monoisotopic (exact) mass is 349 g/mol. The van der Waals surface area contributed by atoms with Crippen LogP contribution in [0.15, 0.2) is 23.4 Å². The molecule has 0 aliphatic carbocycles. The smallest absolute Gasteiger partial charge is 0.336 e. The number of benzene rings is 1. The highest BCUT2D eigenvalue weighted by Crippen LogP contribution is 2.44. The molecule has 1 aliphatic heterocycles. The molecule has 1 aromatic rings. The van der Waals surface area contributed by atoms with Crippen molar-refractivity contribution in [1.29, 1.82) is 0 Å². The van der Waals surface area contributed by atoms with Gasteiger partial charge in [-0.25, -0.2) is 4.79 Å². The van der Waals surface area contributed by atoms with Gasteiger partial charge in [-0.15, -0.1) is 0 Å². The van der Waals surface area contributed by atoms with Gasteiger partial charge in [0.25, 0.3) is 0 Å². The molecule has 0 saturated heterocycles. The normalized spacial score (nSPS) is 17.4. The minimum absolute atomic E-state index is 0.0797. The van der Waals surface area contributed by atoms with Crippen molar-refractivity contribution in [3.05, 3.63) is 29.0 Å². The predicted octanol–water partition coefficient (Wildman–Crippen LogP) is 2.11. The van der Waals surface area contributed by atoms with E-state index in [-0.39, 0.29) is 12.3 Å². The van der Waals surface area contributed by atoms with Crippen LogP contribution in [0, 0.1) is 0 Å². The number of carbonyl (C=O) groups is 2. The Bertz CT molecular complexity index is 699. The average molecular weight is 349 g/mol. The Morgan fingerprint density at radius 1 is 1.08 bits per heavy atom. The summed E-state index contributed by atoms with van der Waals surface area (Å²) in [6.07, 6.45) is 0.150. The highest BCUT2D eigenvalue weighted by atomic mass is 16.5. The Labute approximate surface area is 147 Å². The Morgan fingerprint density at radius 3 is 2.08 bits per heavy atom. The third-order valence-corrected chi connectivity index (χ3v) is 4.49. The second kappa shape index (κ2) is 7.46. The molecule has 1 atom stereocenters. The molecule has 1 unspecified atom stereocenters. The Hall–Kier alpha value is -2.70. The number of rotatable bonds is 5. The summed E-state index contributed by atoms with van der Waals surface area (Å²) in [5.41, 5.74) is 1.73. The Kier molecular flexibility index (Phi) is 5.56. The zero-order valence-electron chi connectivity index (χ0n) is 15.3. The van der Waals surface area contributed by atoms with Gasteiger partial charge in [-0.3, -0.25) is 4.79 Å². The van der Waals surface area contributed by atoms with Crippen LogP contribution in [0.3, 0.4) is 0 Å². The van der Waals surface area contributed by atoms with Crippen LogP contribution in [0.1, 0.15) is 24.8 Å². The summed E-state index contributed by atoms with van der Waals surface area (Å²) >= 11 is 0. The highest BCUT2D eigenvalue weighted by molar-refractivity contribution is 5.95. The third kappa shape index (κ3) is 3.26. The quantitative estimate of drug-likeness (QED) is 0.758.